The molecule has 3 aromatic rings. The van der Waals surface area contributed by atoms with Crippen LogP contribution >= 0.6 is 23.1 Å². The number of para-hydroxylation sites is 1. The Labute approximate surface area is 159 Å². The molecule has 134 valence electrons. The lowest BCUT2D eigenvalue weighted by atomic mass is 9.89. The number of amides is 1. The van der Waals surface area contributed by atoms with Crippen LogP contribution in [0.2, 0.25) is 0 Å². The zero-order chi connectivity index (χ0) is 18.3. The van der Waals surface area contributed by atoms with E-state index in [1.165, 1.54) is 16.6 Å². The number of hydrogen-bond donors (Lipinski definition) is 1. The summed E-state index contributed by atoms with van der Waals surface area (Å²) in [5.41, 5.74) is 7.16. The molecule has 2 heterocycles. The van der Waals surface area contributed by atoms with Gasteiger partial charge in [-0.1, -0.05) is 36.9 Å². The van der Waals surface area contributed by atoms with Gasteiger partial charge in [0, 0.05) is 4.88 Å². The summed E-state index contributed by atoms with van der Waals surface area (Å²) in [7, 11) is 0. The molecule has 0 bridgehead atoms. The molecule has 0 aliphatic heterocycles. The van der Waals surface area contributed by atoms with Crippen molar-refractivity contribution in [2.45, 2.75) is 31.3 Å². The third-order valence-corrected chi connectivity index (χ3v) is 6.77. The van der Waals surface area contributed by atoms with Gasteiger partial charge in [0.1, 0.15) is 4.83 Å². The Kier molecular flexibility index (Phi) is 4.58. The molecule has 0 fully saturated rings. The van der Waals surface area contributed by atoms with E-state index in [0.717, 1.165) is 40.7 Å². The van der Waals surface area contributed by atoms with Crippen molar-refractivity contribution in [2.75, 3.05) is 5.75 Å². The Morgan fingerprint density at radius 2 is 2.15 bits per heavy atom. The molecule has 1 aromatic carbocycles. The molecular formula is C19H19N3O2S2. The van der Waals surface area contributed by atoms with E-state index >= 15 is 0 Å². The van der Waals surface area contributed by atoms with Gasteiger partial charge in [0.25, 0.3) is 5.56 Å². The van der Waals surface area contributed by atoms with Gasteiger partial charge >= 0.3 is 0 Å². The van der Waals surface area contributed by atoms with Gasteiger partial charge in [-0.25, -0.2) is 4.98 Å². The van der Waals surface area contributed by atoms with Crippen molar-refractivity contribution in [1.29, 1.82) is 0 Å². The van der Waals surface area contributed by atoms with Crippen LogP contribution in [0.25, 0.3) is 15.9 Å². The Morgan fingerprint density at radius 1 is 1.38 bits per heavy atom. The second kappa shape index (κ2) is 6.89. The number of fused-ring (bicyclic) bond motifs is 3. The third-order valence-electron chi connectivity index (χ3n) is 4.66. The number of rotatable bonds is 4. The first-order valence-corrected chi connectivity index (χ1v) is 10.4. The summed E-state index contributed by atoms with van der Waals surface area (Å²) in [6, 6.07) is 9.44. The molecule has 4 rings (SSSR count). The summed E-state index contributed by atoms with van der Waals surface area (Å²) in [4.78, 5) is 31.5. The number of aryl methyl sites for hydroxylation is 1. The minimum Gasteiger partial charge on any atom is -0.369 e. The summed E-state index contributed by atoms with van der Waals surface area (Å²) >= 11 is 2.83. The zero-order valence-corrected chi connectivity index (χ0v) is 16.0. The van der Waals surface area contributed by atoms with Crippen molar-refractivity contribution in [3.05, 3.63) is 51.1 Å². The van der Waals surface area contributed by atoms with Gasteiger partial charge in [-0.2, -0.15) is 0 Å². The molecule has 2 aromatic heterocycles. The highest BCUT2D eigenvalue weighted by Gasteiger charge is 2.25. The molecule has 5 nitrogen and oxygen atoms in total. The van der Waals surface area contributed by atoms with E-state index in [2.05, 4.69) is 6.92 Å². The summed E-state index contributed by atoms with van der Waals surface area (Å²) in [6.07, 6.45) is 3.03. The van der Waals surface area contributed by atoms with Gasteiger partial charge in [-0.15, -0.1) is 11.3 Å². The van der Waals surface area contributed by atoms with E-state index < -0.39 is 5.91 Å². The normalized spacial score (nSPS) is 16.6. The summed E-state index contributed by atoms with van der Waals surface area (Å²) in [5.74, 6) is 0.297. The molecular weight excluding hydrogens is 366 g/mol. The van der Waals surface area contributed by atoms with E-state index in [9.17, 15) is 9.59 Å². The molecule has 26 heavy (non-hydrogen) atoms. The topological polar surface area (TPSA) is 78.0 Å². The Balaban J connectivity index is 1.96. The smallest absolute Gasteiger partial charge is 0.267 e. The zero-order valence-electron chi connectivity index (χ0n) is 14.4. The molecule has 1 amide bonds. The SMILES string of the molecule is C[C@@H]1CCc2c(sc3nc(SCC(N)=O)n(-c4ccccc4)c(=O)c23)C1. The number of aromatic nitrogens is 2. The van der Waals surface area contributed by atoms with Crippen molar-refractivity contribution < 1.29 is 4.79 Å². The minimum absolute atomic E-state index is 0.0553. The molecule has 1 aliphatic rings. The van der Waals surface area contributed by atoms with E-state index in [1.807, 2.05) is 30.3 Å². The van der Waals surface area contributed by atoms with Gasteiger partial charge in [-0.05, 0) is 42.9 Å². The lowest BCUT2D eigenvalue weighted by molar-refractivity contribution is -0.115. The van der Waals surface area contributed by atoms with Crippen LogP contribution in [0.4, 0.5) is 0 Å². The molecule has 0 saturated heterocycles. The average molecular weight is 386 g/mol. The molecule has 1 aliphatic carbocycles. The van der Waals surface area contributed by atoms with Gasteiger partial charge in [0.05, 0.1) is 16.8 Å². The summed E-state index contributed by atoms with van der Waals surface area (Å²) in [5, 5.41) is 1.25. The summed E-state index contributed by atoms with van der Waals surface area (Å²) in [6.45, 7) is 2.25. The van der Waals surface area contributed by atoms with Crippen LogP contribution in [0.5, 0.6) is 0 Å². The minimum atomic E-state index is -0.428. The molecule has 2 N–H and O–H groups in total. The predicted molar refractivity (Wildman–Crippen MR) is 106 cm³/mol. The number of nitrogens with zero attached hydrogens (tertiary/aromatic N) is 2. The first-order valence-electron chi connectivity index (χ1n) is 8.58. The number of thiophene rings is 1. The number of nitrogens with two attached hydrogens (primary N) is 1. The monoisotopic (exact) mass is 385 g/mol. The van der Waals surface area contributed by atoms with Gasteiger partial charge in [0.15, 0.2) is 5.16 Å². The molecule has 0 unspecified atom stereocenters. The predicted octanol–water partition coefficient (Wildman–Crippen LogP) is 3.15. The van der Waals surface area contributed by atoms with Gasteiger partial charge in [-0.3, -0.25) is 14.2 Å². The molecule has 1 atom stereocenters. The van der Waals surface area contributed by atoms with Crippen molar-refractivity contribution in [3.8, 4) is 5.69 Å². The first kappa shape index (κ1) is 17.3. The van der Waals surface area contributed by atoms with Crippen LogP contribution in [0.3, 0.4) is 0 Å². The van der Waals surface area contributed by atoms with E-state index in [-0.39, 0.29) is 11.3 Å². The number of hydrogen-bond acceptors (Lipinski definition) is 5. The van der Waals surface area contributed by atoms with Crippen LogP contribution < -0.4 is 11.3 Å². The number of benzene rings is 1. The first-order chi connectivity index (χ1) is 12.5. The van der Waals surface area contributed by atoms with Crippen LogP contribution in [0.1, 0.15) is 23.8 Å². The van der Waals surface area contributed by atoms with Crippen LogP contribution in [-0.4, -0.2) is 21.2 Å². The fraction of sp³-hybridized carbons (Fsp3) is 0.316. The molecule has 7 heteroatoms. The van der Waals surface area contributed by atoms with Crippen LogP contribution in [-0.2, 0) is 17.6 Å². The Morgan fingerprint density at radius 3 is 2.88 bits per heavy atom. The van der Waals surface area contributed by atoms with Crippen molar-refractivity contribution >= 4 is 39.2 Å². The largest absolute Gasteiger partial charge is 0.369 e. The molecule has 0 spiro atoms. The van der Waals surface area contributed by atoms with Crippen molar-refractivity contribution in [1.82, 2.24) is 9.55 Å². The maximum Gasteiger partial charge on any atom is 0.267 e. The fourth-order valence-electron chi connectivity index (χ4n) is 3.41. The lowest BCUT2D eigenvalue weighted by Crippen LogP contribution is -2.23. The highest BCUT2D eigenvalue weighted by molar-refractivity contribution is 7.99. The van der Waals surface area contributed by atoms with Crippen LogP contribution in [0, 0.1) is 5.92 Å². The molecule has 0 saturated carbocycles. The Bertz CT molecular complexity index is 1040. The third kappa shape index (κ3) is 3.05. The summed E-state index contributed by atoms with van der Waals surface area (Å²) < 4.78 is 1.61. The van der Waals surface area contributed by atoms with E-state index in [4.69, 9.17) is 10.7 Å². The van der Waals surface area contributed by atoms with Crippen LogP contribution in [0.15, 0.2) is 40.3 Å². The highest BCUT2D eigenvalue weighted by Crippen LogP contribution is 2.36. The maximum absolute atomic E-state index is 13.4. The average Bonchev–Trinajstić information content (AvgIpc) is 2.98. The maximum atomic E-state index is 13.4. The quantitative estimate of drug-likeness (QED) is 0.553. The second-order valence-electron chi connectivity index (χ2n) is 6.66. The number of thioether (sulfide) groups is 1. The van der Waals surface area contributed by atoms with E-state index in [0.29, 0.717) is 11.1 Å². The number of carbonyl (C=O) groups excluding carboxylic acids is 1. The van der Waals surface area contributed by atoms with E-state index in [1.54, 1.807) is 15.9 Å². The van der Waals surface area contributed by atoms with Crippen molar-refractivity contribution in [3.63, 3.8) is 0 Å². The second-order valence-corrected chi connectivity index (χ2v) is 8.68. The standard InChI is InChI=1S/C19H19N3O2S2/c1-11-7-8-13-14(9-11)26-17-16(13)18(24)22(12-5-3-2-4-6-12)19(21-17)25-10-15(20)23/h2-6,11H,7-10H2,1H3,(H2,20,23)/t11-/m1/s1. The number of primary amides is 1. The Hall–Kier alpha value is -2.12. The fourth-order valence-corrected chi connectivity index (χ4v) is 5.58. The van der Waals surface area contributed by atoms with Gasteiger partial charge < -0.3 is 5.73 Å². The molecule has 0 radical (unpaired) electrons. The van der Waals surface area contributed by atoms with Gasteiger partial charge in [0.2, 0.25) is 5.91 Å². The number of carbonyl (C=O) groups is 1. The highest BCUT2D eigenvalue weighted by atomic mass is 32.2. The lowest BCUT2D eigenvalue weighted by Gasteiger charge is -2.17. The van der Waals surface area contributed by atoms with Crippen molar-refractivity contribution in [2.24, 2.45) is 11.7 Å².